The van der Waals surface area contributed by atoms with Crippen molar-refractivity contribution >= 4 is 0 Å². The van der Waals surface area contributed by atoms with Crippen LogP contribution >= 0.6 is 0 Å². The molecule has 0 amide bonds. The van der Waals surface area contributed by atoms with Gasteiger partial charge in [0.1, 0.15) is 5.82 Å². The van der Waals surface area contributed by atoms with Crippen LogP contribution in [0.3, 0.4) is 0 Å². The van der Waals surface area contributed by atoms with E-state index in [0.717, 1.165) is 25.9 Å². The molecule has 1 atom stereocenters. The lowest BCUT2D eigenvalue weighted by Crippen LogP contribution is -2.26. The molecule has 1 unspecified atom stereocenters. The molecular weight excluding hydrogens is 246 g/mol. The van der Waals surface area contributed by atoms with E-state index in [-0.39, 0.29) is 0 Å². The molecule has 0 saturated carbocycles. The molecule has 20 heavy (non-hydrogen) atoms. The van der Waals surface area contributed by atoms with Gasteiger partial charge in [-0.25, -0.2) is 4.98 Å². The van der Waals surface area contributed by atoms with Gasteiger partial charge in [-0.15, -0.1) is 0 Å². The molecule has 3 heteroatoms. The molecule has 0 radical (unpaired) electrons. The number of rotatable bonds is 7. The monoisotopic (exact) mass is 271 g/mol. The van der Waals surface area contributed by atoms with Crippen LogP contribution in [0.1, 0.15) is 43.3 Å². The van der Waals surface area contributed by atoms with Gasteiger partial charge in [0.05, 0.1) is 6.04 Å². The third-order valence-corrected chi connectivity index (χ3v) is 3.58. The molecule has 1 N–H and O–H groups in total. The summed E-state index contributed by atoms with van der Waals surface area (Å²) in [6, 6.07) is 9.14. The SMILES string of the molecule is CCCc1nccn1CC(NCC)c1ccc(C)cc1. The van der Waals surface area contributed by atoms with Crippen LogP contribution in [-0.4, -0.2) is 16.1 Å². The smallest absolute Gasteiger partial charge is 0.108 e. The van der Waals surface area contributed by atoms with Crippen LogP contribution in [-0.2, 0) is 13.0 Å². The Morgan fingerprint density at radius 1 is 1.20 bits per heavy atom. The van der Waals surface area contributed by atoms with Crippen molar-refractivity contribution in [2.45, 2.75) is 46.2 Å². The van der Waals surface area contributed by atoms with Crippen LogP contribution in [0.5, 0.6) is 0 Å². The van der Waals surface area contributed by atoms with E-state index >= 15 is 0 Å². The fraction of sp³-hybridized carbons (Fsp3) is 0.471. The van der Waals surface area contributed by atoms with Crippen LogP contribution in [0.4, 0.5) is 0 Å². The van der Waals surface area contributed by atoms with Crippen molar-refractivity contribution in [3.63, 3.8) is 0 Å². The first-order valence-corrected chi connectivity index (χ1v) is 7.54. The average Bonchev–Trinajstić information content (AvgIpc) is 2.87. The molecule has 0 saturated heterocycles. The Labute approximate surface area is 122 Å². The zero-order valence-electron chi connectivity index (χ0n) is 12.8. The quantitative estimate of drug-likeness (QED) is 0.835. The molecule has 3 nitrogen and oxygen atoms in total. The Morgan fingerprint density at radius 2 is 1.95 bits per heavy atom. The standard InChI is InChI=1S/C17H25N3/c1-4-6-17-19-11-12-20(17)13-16(18-5-2)15-9-7-14(3)8-10-15/h7-12,16,18H,4-6,13H2,1-3H3. The Balaban J connectivity index is 2.16. The van der Waals surface area contributed by atoms with Gasteiger partial charge in [-0.2, -0.15) is 0 Å². The lowest BCUT2D eigenvalue weighted by atomic mass is 10.0. The Morgan fingerprint density at radius 3 is 2.60 bits per heavy atom. The summed E-state index contributed by atoms with van der Waals surface area (Å²) in [4.78, 5) is 4.46. The van der Waals surface area contributed by atoms with Crippen molar-refractivity contribution in [2.75, 3.05) is 6.54 Å². The van der Waals surface area contributed by atoms with Gasteiger partial charge in [0, 0.05) is 25.4 Å². The predicted octanol–water partition coefficient (Wildman–Crippen LogP) is 3.49. The zero-order chi connectivity index (χ0) is 14.4. The summed E-state index contributed by atoms with van der Waals surface area (Å²) in [7, 11) is 0. The summed E-state index contributed by atoms with van der Waals surface area (Å²) < 4.78 is 2.27. The molecule has 1 aromatic heterocycles. The van der Waals surface area contributed by atoms with Gasteiger partial charge in [-0.3, -0.25) is 0 Å². The molecule has 2 rings (SSSR count). The lowest BCUT2D eigenvalue weighted by Gasteiger charge is -2.20. The first-order valence-electron chi connectivity index (χ1n) is 7.54. The number of hydrogen-bond acceptors (Lipinski definition) is 2. The highest BCUT2D eigenvalue weighted by Gasteiger charge is 2.12. The average molecular weight is 271 g/mol. The summed E-state index contributed by atoms with van der Waals surface area (Å²) in [5.41, 5.74) is 2.65. The van der Waals surface area contributed by atoms with Gasteiger partial charge in [-0.1, -0.05) is 43.7 Å². The van der Waals surface area contributed by atoms with Crippen LogP contribution in [0.2, 0.25) is 0 Å². The number of likely N-dealkylation sites (N-methyl/N-ethyl adjacent to an activating group) is 1. The Hall–Kier alpha value is -1.61. The zero-order valence-corrected chi connectivity index (χ0v) is 12.8. The third kappa shape index (κ3) is 3.70. The second-order valence-corrected chi connectivity index (χ2v) is 5.27. The van der Waals surface area contributed by atoms with E-state index in [1.165, 1.54) is 17.0 Å². The van der Waals surface area contributed by atoms with Gasteiger partial charge in [0.25, 0.3) is 0 Å². The van der Waals surface area contributed by atoms with Gasteiger partial charge in [-0.05, 0) is 25.5 Å². The number of aryl methyl sites for hydroxylation is 2. The maximum atomic E-state index is 4.46. The van der Waals surface area contributed by atoms with Crippen molar-refractivity contribution in [1.29, 1.82) is 0 Å². The fourth-order valence-electron chi connectivity index (χ4n) is 2.49. The molecule has 0 fully saturated rings. The van der Waals surface area contributed by atoms with Gasteiger partial charge in [0.2, 0.25) is 0 Å². The van der Waals surface area contributed by atoms with Crippen LogP contribution in [0.15, 0.2) is 36.7 Å². The molecule has 0 aliphatic rings. The van der Waals surface area contributed by atoms with Crippen molar-refractivity contribution in [1.82, 2.24) is 14.9 Å². The minimum Gasteiger partial charge on any atom is -0.333 e. The van der Waals surface area contributed by atoms with Gasteiger partial charge in [0.15, 0.2) is 0 Å². The molecule has 2 aromatic rings. The highest BCUT2D eigenvalue weighted by Crippen LogP contribution is 2.17. The van der Waals surface area contributed by atoms with Gasteiger partial charge >= 0.3 is 0 Å². The molecule has 1 heterocycles. The first-order chi connectivity index (χ1) is 9.74. The number of nitrogens with one attached hydrogen (secondary N) is 1. The lowest BCUT2D eigenvalue weighted by molar-refractivity contribution is 0.464. The summed E-state index contributed by atoms with van der Waals surface area (Å²) in [6.45, 7) is 8.38. The van der Waals surface area contributed by atoms with E-state index < -0.39 is 0 Å². The van der Waals surface area contributed by atoms with E-state index in [9.17, 15) is 0 Å². The van der Waals surface area contributed by atoms with E-state index in [1.807, 2.05) is 6.20 Å². The predicted molar refractivity (Wildman–Crippen MR) is 83.8 cm³/mol. The fourth-order valence-corrected chi connectivity index (χ4v) is 2.49. The van der Waals surface area contributed by atoms with E-state index in [2.05, 4.69) is 66.1 Å². The van der Waals surface area contributed by atoms with Crippen molar-refractivity contribution in [2.24, 2.45) is 0 Å². The number of nitrogens with zero attached hydrogens (tertiary/aromatic N) is 2. The normalized spacial score (nSPS) is 12.6. The van der Waals surface area contributed by atoms with Crippen molar-refractivity contribution in [3.8, 4) is 0 Å². The van der Waals surface area contributed by atoms with E-state index in [1.54, 1.807) is 0 Å². The molecular formula is C17H25N3. The topological polar surface area (TPSA) is 29.9 Å². The number of hydrogen-bond donors (Lipinski definition) is 1. The number of aromatic nitrogens is 2. The third-order valence-electron chi connectivity index (χ3n) is 3.58. The molecule has 0 aliphatic carbocycles. The summed E-state index contributed by atoms with van der Waals surface area (Å²) in [5.74, 6) is 1.18. The minimum absolute atomic E-state index is 0.338. The van der Waals surface area contributed by atoms with Crippen molar-refractivity contribution in [3.05, 3.63) is 53.6 Å². The van der Waals surface area contributed by atoms with Crippen LogP contribution in [0.25, 0.3) is 0 Å². The first kappa shape index (κ1) is 14.8. The van der Waals surface area contributed by atoms with E-state index in [4.69, 9.17) is 0 Å². The molecule has 108 valence electrons. The van der Waals surface area contributed by atoms with Crippen molar-refractivity contribution < 1.29 is 0 Å². The second kappa shape index (κ2) is 7.25. The number of benzene rings is 1. The summed E-state index contributed by atoms with van der Waals surface area (Å²) in [5, 5.41) is 3.58. The highest BCUT2D eigenvalue weighted by atomic mass is 15.1. The largest absolute Gasteiger partial charge is 0.333 e. The van der Waals surface area contributed by atoms with Crippen LogP contribution in [0, 0.1) is 6.92 Å². The summed E-state index contributed by atoms with van der Waals surface area (Å²) in [6.07, 6.45) is 6.17. The maximum absolute atomic E-state index is 4.46. The molecule has 0 bridgehead atoms. The molecule has 1 aromatic carbocycles. The molecule has 0 spiro atoms. The van der Waals surface area contributed by atoms with Gasteiger partial charge < -0.3 is 9.88 Å². The molecule has 0 aliphatic heterocycles. The second-order valence-electron chi connectivity index (χ2n) is 5.27. The highest BCUT2D eigenvalue weighted by molar-refractivity contribution is 5.24. The Kier molecular flexibility index (Phi) is 5.36. The van der Waals surface area contributed by atoms with E-state index in [0.29, 0.717) is 6.04 Å². The Bertz CT molecular complexity index is 513. The maximum Gasteiger partial charge on any atom is 0.108 e. The van der Waals surface area contributed by atoms with Crippen LogP contribution < -0.4 is 5.32 Å². The number of imidazole rings is 1. The minimum atomic E-state index is 0.338. The summed E-state index contributed by atoms with van der Waals surface area (Å²) >= 11 is 0.